The lowest BCUT2D eigenvalue weighted by molar-refractivity contribution is 0.234. The van der Waals surface area contributed by atoms with Crippen LogP contribution in [0.5, 0.6) is 5.75 Å². The van der Waals surface area contributed by atoms with E-state index in [4.69, 9.17) is 9.84 Å². The molecule has 106 valence electrons. The molecule has 1 aromatic rings. The summed E-state index contributed by atoms with van der Waals surface area (Å²) in [6.45, 7) is 2.52. The Balaban J connectivity index is 2.33. The second-order valence-electron chi connectivity index (χ2n) is 4.45. The van der Waals surface area contributed by atoms with Crippen molar-refractivity contribution in [3.05, 3.63) is 29.8 Å². The number of amides is 2. The molecule has 5 nitrogen and oxygen atoms in total. The quantitative estimate of drug-likeness (QED) is 0.703. The van der Waals surface area contributed by atoms with Crippen molar-refractivity contribution in [3.8, 4) is 5.75 Å². The first-order chi connectivity index (χ1) is 9.15. The number of carbonyl (C=O) groups is 1. The Kier molecular flexibility index (Phi) is 6.74. The van der Waals surface area contributed by atoms with Crippen molar-refractivity contribution in [1.82, 2.24) is 10.6 Å². The smallest absolute Gasteiger partial charge is 0.315 e. The minimum absolute atomic E-state index is 0.0532. The standard InChI is InChI=1S/C14H22N2O3/c1-11(5-4-8-17)16-14(18)15-10-12-6-3-7-13(9-12)19-2/h3,6-7,9,11,17H,4-5,8,10H2,1-2H3,(H2,15,16,18). The molecule has 0 bridgehead atoms. The molecule has 0 radical (unpaired) electrons. The molecule has 0 heterocycles. The lowest BCUT2D eigenvalue weighted by Crippen LogP contribution is -2.40. The summed E-state index contributed by atoms with van der Waals surface area (Å²) >= 11 is 0. The third kappa shape index (κ3) is 6.10. The van der Waals surface area contributed by atoms with Gasteiger partial charge in [0.1, 0.15) is 5.75 Å². The highest BCUT2D eigenvalue weighted by atomic mass is 16.5. The number of ether oxygens (including phenoxy) is 1. The van der Waals surface area contributed by atoms with Crippen LogP contribution in [0.1, 0.15) is 25.3 Å². The minimum Gasteiger partial charge on any atom is -0.497 e. The van der Waals surface area contributed by atoms with Crippen LogP contribution in [0.3, 0.4) is 0 Å². The van der Waals surface area contributed by atoms with Gasteiger partial charge >= 0.3 is 6.03 Å². The second kappa shape index (κ2) is 8.37. The van der Waals surface area contributed by atoms with Crippen LogP contribution in [0.25, 0.3) is 0 Å². The summed E-state index contributed by atoms with van der Waals surface area (Å²) in [6.07, 6.45) is 1.46. The zero-order valence-electron chi connectivity index (χ0n) is 11.5. The molecule has 3 N–H and O–H groups in total. The van der Waals surface area contributed by atoms with Crippen LogP contribution in [0, 0.1) is 0 Å². The van der Waals surface area contributed by atoms with E-state index >= 15 is 0 Å². The van der Waals surface area contributed by atoms with Crippen molar-refractivity contribution in [2.45, 2.75) is 32.4 Å². The minimum atomic E-state index is -0.201. The first kappa shape index (κ1) is 15.3. The molecule has 0 fully saturated rings. The summed E-state index contributed by atoms with van der Waals surface area (Å²) < 4.78 is 5.12. The molecule has 1 aromatic carbocycles. The largest absolute Gasteiger partial charge is 0.497 e. The molecule has 0 aliphatic carbocycles. The van der Waals surface area contributed by atoms with Crippen molar-refractivity contribution >= 4 is 6.03 Å². The molecular weight excluding hydrogens is 244 g/mol. The Labute approximate surface area is 114 Å². The van der Waals surface area contributed by atoms with Crippen LogP contribution in [0.2, 0.25) is 0 Å². The van der Waals surface area contributed by atoms with Gasteiger partial charge in [0.15, 0.2) is 0 Å². The number of methoxy groups -OCH3 is 1. The number of benzene rings is 1. The molecule has 5 heteroatoms. The molecule has 1 unspecified atom stereocenters. The number of aliphatic hydroxyl groups excluding tert-OH is 1. The number of aliphatic hydroxyl groups is 1. The van der Waals surface area contributed by atoms with E-state index in [0.29, 0.717) is 13.0 Å². The van der Waals surface area contributed by atoms with Crippen molar-refractivity contribution in [2.24, 2.45) is 0 Å². The molecule has 0 saturated carbocycles. The predicted octanol–water partition coefficient (Wildman–Crippen LogP) is 1.66. The summed E-state index contributed by atoms with van der Waals surface area (Å²) in [6, 6.07) is 7.41. The summed E-state index contributed by atoms with van der Waals surface area (Å²) in [4.78, 5) is 11.6. The predicted molar refractivity (Wildman–Crippen MR) is 74.1 cm³/mol. The van der Waals surface area contributed by atoms with Gasteiger partial charge in [0.05, 0.1) is 7.11 Å². The highest BCUT2D eigenvalue weighted by molar-refractivity contribution is 5.74. The van der Waals surface area contributed by atoms with E-state index < -0.39 is 0 Å². The van der Waals surface area contributed by atoms with E-state index in [1.165, 1.54) is 0 Å². The average Bonchev–Trinajstić information content (AvgIpc) is 2.43. The Bertz CT molecular complexity index is 396. The highest BCUT2D eigenvalue weighted by Crippen LogP contribution is 2.11. The van der Waals surface area contributed by atoms with Crippen LogP contribution in [0.4, 0.5) is 4.79 Å². The molecule has 2 amide bonds. The van der Waals surface area contributed by atoms with Crippen molar-refractivity contribution in [3.63, 3.8) is 0 Å². The van der Waals surface area contributed by atoms with Gasteiger partial charge in [-0.1, -0.05) is 12.1 Å². The molecule has 0 aliphatic rings. The third-order valence-corrected chi connectivity index (χ3v) is 2.76. The van der Waals surface area contributed by atoms with Crippen LogP contribution in [0.15, 0.2) is 24.3 Å². The lowest BCUT2D eigenvalue weighted by atomic mass is 10.2. The fourth-order valence-corrected chi connectivity index (χ4v) is 1.71. The van der Waals surface area contributed by atoms with Gasteiger partial charge in [-0.05, 0) is 37.5 Å². The fourth-order valence-electron chi connectivity index (χ4n) is 1.71. The molecule has 19 heavy (non-hydrogen) atoms. The van der Waals surface area contributed by atoms with E-state index in [9.17, 15) is 4.79 Å². The van der Waals surface area contributed by atoms with Gasteiger partial charge in [-0.3, -0.25) is 0 Å². The molecule has 0 aliphatic heterocycles. The number of hydrogen-bond acceptors (Lipinski definition) is 3. The van der Waals surface area contributed by atoms with Gasteiger partial charge in [0.25, 0.3) is 0 Å². The maximum absolute atomic E-state index is 11.6. The SMILES string of the molecule is COc1cccc(CNC(=O)NC(C)CCCO)c1. The Hall–Kier alpha value is -1.75. The number of nitrogens with one attached hydrogen (secondary N) is 2. The van der Waals surface area contributed by atoms with E-state index in [1.807, 2.05) is 31.2 Å². The fraction of sp³-hybridized carbons (Fsp3) is 0.500. The molecular formula is C14H22N2O3. The average molecular weight is 266 g/mol. The first-order valence-corrected chi connectivity index (χ1v) is 6.44. The van der Waals surface area contributed by atoms with E-state index in [2.05, 4.69) is 10.6 Å². The molecule has 0 saturated heterocycles. The molecule has 1 atom stereocenters. The third-order valence-electron chi connectivity index (χ3n) is 2.76. The van der Waals surface area contributed by atoms with Gasteiger partial charge in [0.2, 0.25) is 0 Å². The maximum Gasteiger partial charge on any atom is 0.315 e. The van der Waals surface area contributed by atoms with Gasteiger partial charge in [-0.15, -0.1) is 0 Å². The highest BCUT2D eigenvalue weighted by Gasteiger charge is 2.06. The second-order valence-corrected chi connectivity index (χ2v) is 4.45. The zero-order valence-corrected chi connectivity index (χ0v) is 11.5. The Morgan fingerprint density at radius 2 is 2.26 bits per heavy atom. The van der Waals surface area contributed by atoms with Crippen molar-refractivity contribution in [2.75, 3.05) is 13.7 Å². The number of rotatable bonds is 7. The summed E-state index contributed by atoms with van der Waals surface area (Å²) in [5.41, 5.74) is 0.984. The lowest BCUT2D eigenvalue weighted by Gasteiger charge is -2.14. The van der Waals surface area contributed by atoms with Gasteiger partial charge in [0, 0.05) is 19.2 Å². The summed E-state index contributed by atoms with van der Waals surface area (Å²) in [5, 5.41) is 14.3. The summed E-state index contributed by atoms with van der Waals surface area (Å²) in [7, 11) is 1.61. The Morgan fingerprint density at radius 1 is 1.47 bits per heavy atom. The van der Waals surface area contributed by atoms with Crippen molar-refractivity contribution in [1.29, 1.82) is 0 Å². The molecule has 0 spiro atoms. The Morgan fingerprint density at radius 3 is 2.95 bits per heavy atom. The molecule has 1 rings (SSSR count). The monoisotopic (exact) mass is 266 g/mol. The zero-order chi connectivity index (χ0) is 14.1. The maximum atomic E-state index is 11.6. The topological polar surface area (TPSA) is 70.6 Å². The van der Waals surface area contributed by atoms with E-state index in [0.717, 1.165) is 17.7 Å². The van der Waals surface area contributed by atoms with E-state index in [1.54, 1.807) is 7.11 Å². The number of urea groups is 1. The normalized spacial score (nSPS) is 11.7. The number of carbonyl (C=O) groups excluding carboxylic acids is 1. The van der Waals surface area contributed by atoms with Gasteiger partial charge in [-0.25, -0.2) is 4.79 Å². The van der Waals surface area contributed by atoms with Crippen LogP contribution < -0.4 is 15.4 Å². The van der Waals surface area contributed by atoms with Crippen LogP contribution in [-0.4, -0.2) is 30.9 Å². The van der Waals surface area contributed by atoms with Crippen LogP contribution in [-0.2, 0) is 6.54 Å². The van der Waals surface area contributed by atoms with Gasteiger partial charge in [-0.2, -0.15) is 0 Å². The first-order valence-electron chi connectivity index (χ1n) is 6.44. The van der Waals surface area contributed by atoms with Gasteiger partial charge < -0.3 is 20.5 Å². The summed E-state index contributed by atoms with van der Waals surface area (Å²) in [5.74, 6) is 0.774. The van der Waals surface area contributed by atoms with E-state index in [-0.39, 0.29) is 18.7 Å². The molecule has 0 aromatic heterocycles. The number of hydrogen-bond donors (Lipinski definition) is 3. The van der Waals surface area contributed by atoms with Crippen molar-refractivity contribution < 1.29 is 14.6 Å². The van der Waals surface area contributed by atoms with Crippen LogP contribution >= 0.6 is 0 Å².